The number of carbonyl (C=O) groups excluding carboxylic acids is 1. The van der Waals surface area contributed by atoms with Gasteiger partial charge >= 0.3 is 6.09 Å². The Morgan fingerprint density at radius 1 is 1.32 bits per heavy atom. The van der Waals surface area contributed by atoms with Gasteiger partial charge in [0, 0.05) is 18.3 Å². The second-order valence-corrected chi connectivity index (χ2v) is 5.48. The first kappa shape index (κ1) is 15.1. The molecule has 1 aromatic rings. The first-order chi connectivity index (χ1) is 8.76. The maximum atomic E-state index is 11.5. The zero-order chi connectivity index (χ0) is 14.5. The summed E-state index contributed by atoms with van der Waals surface area (Å²) in [4.78, 5) is 11.5. The van der Waals surface area contributed by atoms with Crippen LogP contribution >= 0.6 is 0 Å². The summed E-state index contributed by atoms with van der Waals surface area (Å²) in [5, 5.41) is 15.1. The Balaban J connectivity index is 2.33. The van der Waals surface area contributed by atoms with E-state index in [1.54, 1.807) is 24.3 Å². The van der Waals surface area contributed by atoms with Crippen LogP contribution in [0.2, 0.25) is 0 Å². The van der Waals surface area contributed by atoms with Crippen LogP contribution in [0.4, 0.5) is 10.5 Å². The molecule has 19 heavy (non-hydrogen) atoms. The Labute approximate surface area is 114 Å². The lowest BCUT2D eigenvalue weighted by atomic mass is 10.2. The maximum Gasteiger partial charge on any atom is 0.407 e. The molecule has 0 saturated heterocycles. The van der Waals surface area contributed by atoms with Crippen molar-refractivity contribution < 1.29 is 14.6 Å². The number of alkyl carbamates (subject to hydrolysis) is 1. The predicted molar refractivity (Wildman–Crippen MR) is 75.4 cm³/mol. The molecular formula is C14H22N2O3. The maximum absolute atomic E-state index is 11.5. The zero-order valence-corrected chi connectivity index (χ0v) is 11.9. The molecule has 1 atom stereocenters. The molecule has 0 aliphatic heterocycles. The van der Waals surface area contributed by atoms with Crippen molar-refractivity contribution in [2.24, 2.45) is 0 Å². The van der Waals surface area contributed by atoms with Crippen LogP contribution in [0.25, 0.3) is 0 Å². The SMILES string of the molecule is CC(CNC(=O)OC(C)(C)C)Nc1ccc(O)cc1. The summed E-state index contributed by atoms with van der Waals surface area (Å²) in [7, 11) is 0. The summed E-state index contributed by atoms with van der Waals surface area (Å²) in [5.41, 5.74) is 0.397. The molecule has 0 spiro atoms. The number of hydrogen-bond donors (Lipinski definition) is 3. The third-order valence-electron chi connectivity index (χ3n) is 2.23. The third-order valence-corrected chi connectivity index (χ3v) is 2.23. The number of nitrogens with one attached hydrogen (secondary N) is 2. The molecule has 1 rings (SSSR count). The van der Waals surface area contributed by atoms with Gasteiger partial charge in [-0.05, 0) is 52.0 Å². The smallest absolute Gasteiger partial charge is 0.407 e. The lowest BCUT2D eigenvalue weighted by Gasteiger charge is -2.21. The number of ether oxygens (including phenoxy) is 1. The van der Waals surface area contributed by atoms with Crippen molar-refractivity contribution in [2.75, 3.05) is 11.9 Å². The van der Waals surface area contributed by atoms with E-state index in [9.17, 15) is 9.90 Å². The Morgan fingerprint density at radius 3 is 2.42 bits per heavy atom. The van der Waals surface area contributed by atoms with Crippen LogP contribution in [-0.2, 0) is 4.74 Å². The molecule has 0 radical (unpaired) electrons. The Morgan fingerprint density at radius 2 is 1.89 bits per heavy atom. The summed E-state index contributed by atoms with van der Waals surface area (Å²) in [6.45, 7) is 7.88. The average Bonchev–Trinajstić information content (AvgIpc) is 2.27. The standard InChI is InChI=1S/C14H22N2O3/c1-10(9-15-13(18)19-14(2,3)4)16-11-5-7-12(17)8-6-11/h5-8,10,16-17H,9H2,1-4H3,(H,15,18). The van der Waals surface area contributed by atoms with Crippen molar-refractivity contribution in [3.63, 3.8) is 0 Å². The van der Waals surface area contributed by atoms with Gasteiger partial charge in [0.15, 0.2) is 0 Å². The van der Waals surface area contributed by atoms with Crippen LogP contribution in [0.3, 0.4) is 0 Å². The molecule has 5 nitrogen and oxygen atoms in total. The first-order valence-electron chi connectivity index (χ1n) is 6.29. The second-order valence-electron chi connectivity index (χ2n) is 5.48. The van der Waals surface area contributed by atoms with Gasteiger partial charge in [-0.1, -0.05) is 0 Å². The molecule has 0 fully saturated rings. The van der Waals surface area contributed by atoms with Crippen molar-refractivity contribution >= 4 is 11.8 Å². The number of anilines is 1. The van der Waals surface area contributed by atoms with E-state index in [-0.39, 0.29) is 11.8 Å². The fourth-order valence-corrected chi connectivity index (χ4v) is 1.44. The molecule has 3 N–H and O–H groups in total. The largest absolute Gasteiger partial charge is 0.508 e. The van der Waals surface area contributed by atoms with Crippen molar-refractivity contribution in [3.05, 3.63) is 24.3 Å². The molecule has 0 saturated carbocycles. The van der Waals surface area contributed by atoms with Gasteiger partial charge in [-0.2, -0.15) is 0 Å². The van der Waals surface area contributed by atoms with Gasteiger partial charge in [0.25, 0.3) is 0 Å². The van der Waals surface area contributed by atoms with Gasteiger partial charge in [0.05, 0.1) is 0 Å². The fourth-order valence-electron chi connectivity index (χ4n) is 1.44. The van der Waals surface area contributed by atoms with Crippen LogP contribution in [0, 0.1) is 0 Å². The monoisotopic (exact) mass is 266 g/mol. The number of hydrogen-bond acceptors (Lipinski definition) is 4. The number of aromatic hydroxyl groups is 1. The average molecular weight is 266 g/mol. The van der Waals surface area contributed by atoms with Gasteiger partial charge < -0.3 is 20.5 Å². The highest BCUT2D eigenvalue weighted by Crippen LogP contribution is 2.14. The highest BCUT2D eigenvalue weighted by molar-refractivity contribution is 5.67. The summed E-state index contributed by atoms with van der Waals surface area (Å²) >= 11 is 0. The van der Waals surface area contributed by atoms with Gasteiger partial charge in [-0.25, -0.2) is 4.79 Å². The van der Waals surface area contributed by atoms with Crippen molar-refractivity contribution in [1.29, 1.82) is 0 Å². The van der Waals surface area contributed by atoms with Crippen molar-refractivity contribution in [3.8, 4) is 5.75 Å². The number of carbonyl (C=O) groups is 1. The molecule has 106 valence electrons. The lowest BCUT2D eigenvalue weighted by molar-refractivity contribution is 0.0526. The van der Waals surface area contributed by atoms with Gasteiger partial charge in [-0.3, -0.25) is 0 Å². The topological polar surface area (TPSA) is 70.6 Å². The van der Waals surface area contributed by atoms with Crippen LogP contribution in [0.15, 0.2) is 24.3 Å². The third kappa shape index (κ3) is 6.55. The molecule has 0 aliphatic carbocycles. The van der Waals surface area contributed by atoms with E-state index in [0.717, 1.165) is 5.69 Å². The molecule has 0 aliphatic rings. The molecular weight excluding hydrogens is 244 g/mol. The van der Waals surface area contributed by atoms with Crippen LogP contribution in [-0.4, -0.2) is 29.4 Å². The van der Waals surface area contributed by atoms with Gasteiger partial charge in [0.2, 0.25) is 0 Å². The Kier molecular flexibility index (Phi) is 5.03. The molecule has 1 unspecified atom stereocenters. The minimum absolute atomic E-state index is 0.0528. The van der Waals surface area contributed by atoms with E-state index in [1.807, 2.05) is 27.7 Å². The molecule has 1 amide bonds. The molecule has 0 heterocycles. The van der Waals surface area contributed by atoms with E-state index < -0.39 is 11.7 Å². The molecule has 0 aromatic heterocycles. The number of rotatable bonds is 4. The van der Waals surface area contributed by atoms with Gasteiger partial charge in [0.1, 0.15) is 11.4 Å². The van der Waals surface area contributed by atoms with Crippen LogP contribution < -0.4 is 10.6 Å². The van der Waals surface area contributed by atoms with E-state index in [0.29, 0.717) is 6.54 Å². The Hall–Kier alpha value is -1.91. The quantitative estimate of drug-likeness (QED) is 0.733. The van der Waals surface area contributed by atoms with E-state index in [1.165, 1.54) is 0 Å². The molecule has 5 heteroatoms. The fraction of sp³-hybridized carbons (Fsp3) is 0.500. The normalized spacial score (nSPS) is 12.6. The highest BCUT2D eigenvalue weighted by atomic mass is 16.6. The minimum Gasteiger partial charge on any atom is -0.508 e. The van der Waals surface area contributed by atoms with Crippen molar-refractivity contribution in [1.82, 2.24) is 5.32 Å². The predicted octanol–water partition coefficient (Wildman–Crippen LogP) is 2.72. The summed E-state index contributed by atoms with van der Waals surface area (Å²) < 4.78 is 5.14. The number of phenols is 1. The number of amides is 1. The molecule has 1 aromatic carbocycles. The van der Waals surface area contributed by atoms with Crippen molar-refractivity contribution in [2.45, 2.75) is 39.3 Å². The lowest BCUT2D eigenvalue weighted by Crippen LogP contribution is -2.38. The second kappa shape index (κ2) is 6.31. The summed E-state index contributed by atoms with van der Waals surface area (Å²) in [6.07, 6.45) is -0.424. The summed E-state index contributed by atoms with van der Waals surface area (Å²) in [5.74, 6) is 0.227. The summed E-state index contributed by atoms with van der Waals surface area (Å²) in [6, 6.07) is 6.82. The zero-order valence-electron chi connectivity index (χ0n) is 11.9. The number of phenolic OH excluding ortho intramolecular Hbond substituents is 1. The molecule has 0 bridgehead atoms. The van der Waals surface area contributed by atoms with E-state index in [4.69, 9.17) is 4.74 Å². The van der Waals surface area contributed by atoms with Crippen LogP contribution in [0.1, 0.15) is 27.7 Å². The number of benzene rings is 1. The highest BCUT2D eigenvalue weighted by Gasteiger charge is 2.16. The van der Waals surface area contributed by atoms with E-state index in [2.05, 4.69) is 10.6 Å². The van der Waals surface area contributed by atoms with Crippen LogP contribution in [0.5, 0.6) is 5.75 Å². The minimum atomic E-state index is -0.488. The van der Waals surface area contributed by atoms with Gasteiger partial charge in [-0.15, -0.1) is 0 Å². The van der Waals surface area contributed by atoms with E-state index >= 15 is 0 Å². The Bertz CT molecular complexity index is 410. The first-order valence-corrected chi connectivity index (χ1v) is 6.29.